The van der Waals surface area contributed by atoms with Crippen LogP contribution in [0.5, 0.6) is 0 Å². The van der Waals surface area contributed by atoms with Gasteiger partial charge in [-0.25, -0.2) is 4.98 Å². The standard InChI is InChI=1S/C25H24Cl2N6O2S2/c1-4-11-33-22(21(14(2)3)30-23(35)16-10-9-15(26)12-17(16)27)31-32-25(33)36-13-20(34)29-24-28-18-7-5-6-8-19(18)37-24/h4-10,12,14,21H,1,11,13H2,2-3H3,(H,30,35)(H,28,29,34)/t21-/m1/s1. The molecule has 0 spiro atoms. The number of aromatic nitrogens is 4. The van der Waals surface area contributed by atoms with E-state index in [1.54, 1.807) is 18.2 Å². The molecule has 0 fully saturated rings. The molecule has 2 amide bonds. The third kappa shape index (κ3) is 6.51. The number of carbonyl (C=O) groups is 2. The van der Waals surface area contributed by atoms with E-state index in [0.717, 1.165) is 10.2 Å². The summed E-state index contributed by atoms with van der Waals surface area (Å²) in [6, 6.07) is 12.0. The molecule has 2 heterocycles. The van der Waals surface area contributed by atoms with Gasteiger partial charge in [0.2, 0.25) is 5.91 Å². The summed E-state index contributed by atoms with van der Waals surface area (Å²) in [4.78, 5) is 30.1. The number of amides is 2. The molecular weight excluding hydrogens is 551 g/mol. The van der Waals surface area contributed by atoms with Crippen LogP contribution >= 0.6 is 46.3 Å². The van der Waals surface area contributed by atoms with Crippen molar-refractivity contribution in [1.82, 2.24) is 25.1 Å². The molecule has 2 N–H and O–H groups in total. The molecule has 192 valence electrons. The van der Waals surface area contributed by atoms with Crippen LogP contribution in [0.2, 0.25) is 10.0 Å². The molecule has 4 rings (SSSR count). The first-order chi connectivity index (χ1) is 17.8. The summed E-state index contributed by atoms with van der Waals surface area (Å²) >= 11 is 14.9. The molecule has 0 aliphatic carbocycles. The number of nitrogens with one attached hydrogen (secondary N) is 2. The second-order valence-corrected chi connectivity index (χ2v) is 11.2. The van der Waals surface area contributed by atoms with Crippen molar-refractivity contribution < 1.29 is 9.59 Å². The highest BCUT2D eigenvalue weighted by Crippen LogP contribution is 2.28. The molecular formula is C25H24Cl2N6O2S2. The van der Waals surface area contributed by atoms with Crippen molar-refractivity contribution in [3.63, 3.8) is 0 Å². The molecule has 0 bridgehead atoms. The summed E-state index contributed by atoms with van der Waals surface area (Å²) in [5.41, 5.74) is 1.15. The second-order valence-electron chi connectivity index (χ2n) is 8.38. The highest BCUT2D eigenvalue weighted by molar-refractivity contribution is 7.99. The molecule has 8 nitrogen and oxygen atoms in total. The van der Waals surface area contributed by atoms with Crippen LogP contribution in [0, 0.1) is 5.92 Å². The number of halogens is 2. The lowest BCUT2D eigenvalue weighted by molar-refractivity contribution is -0.113. The Morgan fingerprint density at radius 1 is 1.19 bits per heavy atom. The van der Waals surface area contributed by atoms with Gasteiger partial charge < -0.3 is 15.2 Å². The summed E-state index contributed by atoms with van der Waals surface area (Å²) in [7, 11) is 0. The van der Waals surface area contributed by atoms with Gasteiger partial charge in [0.15, 0.2) is 16.1 Å². The molecule has 37 heavy (non-hydrogen) atoms. The van der Waals surface area contributed by atoms with E-state index in [1.807, 2.05) is 42.7 Å². The maximum atomic E-state index is 13.0. The number of carbonyl (C=O) groups excluding carboxylic acids is 2. The zero-order valence-electron chi connectivity index (χ0n) is 20.1. The van der Waals surface area contributed by atoms with E-state index in [-0.39, 0.29) is 28.5 Å². The minimum atomic E-state index is -0.461. The first-order valence-electron chi connectivity index (χ1n) is 11.3. The molecule has 1 atom stereocenters. The number of hydrogen-bond donors (Lipinski definition) is 2. The van der Waals surface area contributed by atoms with Gasteiger partial charge in [0.25, 0.3) is 5.91 Å². The topological polar surface area (TPSA) is 102 Å². The maximum absolute atomic E-state index is 13.0. The first-order valence-corrected chi connectivity index (χ1v) is 13.9. The van der Waals surface area contributed by atoms with Crippen LogP contribution in [-0.2, 0) is 11.3 Å². The first kappa shape index (κ1) is 27.1. The van der Waals surface area contributed by atoms with Crippen LogP contribution in [-0.4, -0.2) is 37.3 Å². The lowest BCUT2D eigenvalue weighted by Crippen LogP contribution is -2.34. The summed E-state index contributed by atoms with van der Waals surface area (Å²) in [6.45, 7) is 8.18. The number of benzene rings is 2. The largest absolute Gasteiger partial charge is 0.342 e. The Morgan fingerprint density at radius 3 is 2.68 bits per heavy atom. The minimum Gasteiger partial charge on any atom is -0.342 e. The Kier molecular flexibility index (Phi) is 8.86. The zero-order valence-corrected chi connectivity index (χ0v) is 23.2. The molecule has 0 aliphatic heterocycles. The number of para-hydroxylation sites is 1. The van der Waals surface area contributed by atoms with Crippen molar-refractivity contribution >= 4 is 73.5 Å². The van der Waals surface area contributed by atoms with Gasteiger partial charge in [-0.3, -0.25) is 9.59 Å². The Morgan fingerprint density at radius 2 is 1.97 bits per heavy atom. The van der Waals surface area contributed by atoms with E-state index in [0.29, 0.717) is 33.2 Å². The SMILES string of the molecule is C=CCn1c(SCC(=O)Nc2nc3ccccc3s2)nnc1[C@H](NC(=O)c1ccc(Cl)cc1Cl)C(C)C. The number of rotatable bonds is 10. The fourth-order valence-electron chi connectivity index (χ4n) is 3.57. The van der Waals surface area contributed by atoms with E-state index in [2.05, 4.69) is 32.4 Å². The van der Waals surface area contributed by atoms with E-state index in [4.69, 9.17) is 23.2 Å². The van der Waals surface area contributed by atoms with Crippen molar-refractivity contribution in [3.8, 4) is 0 Å². The van der Waals surface area contributed by atoms with Crippen molar-refractivity contribution in [2.75, 3.05) is 11.1 Å². The van der Waals surface area contributed by atoms with Crippen LogP contribution in [0.4, 0.5) is 5.13 Å². The third-order valence-corrected chi connectivity index (χ3v) is 7.80. The minimum absolute atomic E-state index is 0.0111. The maximum Gasteiger partial charge on any atom is 0.253 e. The predicted octanol–water partition coefficient (Wildman–Crippen LogP) is 6.24. The number of allylic oxidation sites excluding steroid dienone is 1. The highest BCUT2D eigenvalue weighted by atomic mass is 35.5. The Hall–Kier alpha value is -2.92. The predicted molar refractivity (Wildman–Crippen MR) is 151 cm³/mol. The lowest BCUT2D eigenvalue weighted by atomic mass is 10.0. The van der Waals surface area contributed by atoms with Crippen molar-refractivity contribution in [2.45, 2.75) is 31.6 Å². The molecule has 2 aromatic heterocycles. The monoisotopic (exact) mass is 574 g/mol. The quantitative estimate of drug-likeness (QED) is 0.172. The summed E-state index contributed by atoms with van der Waals surface area (Å²) in [5.74, 6) is 0.109. The molecule has 0 saturated carbocycles. The number of hydrogen-bond acceptors (Lipinski definition) is 7. The molecule has 0 unspecified atom stereocenters. The number of anilines is 1. The Labute approximate surface area is 232 Å². The van der Waals surface area contributed by atoms with Crippen molar-refractivity contribution in [1.29, 1.82) is 0 Å². The van der Waals surface area contributed by atoms with E-state index >= 15 is 0 Å². The highest BCUT2D eigenvalue weighted by Gasteiger charge is 2.27. The third-order valence-electron chi connectivity index (χ3n) is 5.34. The summed E-state index contributed by atoms with van der Waals surface area (Å²) in [6.07, 6.45) is 1.72. The second kappa shape index (κ2) is 12.1. The van der Waals surface area contributed by atoms with E-state index < -0.39 is 6.04 Å². The number of thioether (sulfide) groups is 1. The molecule has 0 saturated heterocycles. The van der Waals surface area contributed by atoms with Crippen LogP contribution in [0.1, 0.15) is 36.1 Å². The molecule has 0 aliphatic rings. The lowest BCUT2D eigenvalue weighted by Gasteiger charge is -2.23. The summed E-state index contributed by atoms with van der Waals surface area (Å²) in [5, 5.41) is 16.3. The number of thiazole rings is 1. The fourth-order valence-corrected chi connectivity index (χ4v) is 5.70. The van der Waals surface area contributed by atoms with Gasteiger partial charge in [-0.05, 0) is 36.2 Å². The van der Waals surface area contributed by atoms with Crippen molar-refractivity contribution in [3.05, 3.63) is 76.6 Å². The molecule has 4 aromatic rings. The van der Waals surface area contributed by atoms with Gasteiger partial charge in [-0.2, -0.15) is 0 Å². The molecule has 2 aromatic carbocycles. The Bertz CT molecular complexity index is 1420. The number of nitrogens with zero attached hydrogens (tertiary/aromatic N) is 4. The average molecular weight is 576 g/mol. The van der Waals surface area contributed by atoms with Crippen LogP contribution < -0.4 is 10.6 Å². The normalized spacial score (nSPS) is 12.0. The smallest absolute Gasteiger partial charge is 0.253 e. The van der Waals surface area contributed by atoms with Crippen LogP contribution in [0.15, 0.2) is 60.3 Å². The molecule has 12 heteroatoms. The van der Waals surface area contributed by atoms with Gasteiger partial charge >= 0.3 is 0 Å². The van der Waals surface area contributed by atoms with E-state index in [1.165, 1.54) is 29.2 Å². The van der Waals surface area contributed by atoms with Crippen molar-refractivity contribution in [2.24, 2.45) is 5.92 Å². The van der Waals surface area contributed by atoms with Gasteiger partial charge in [0.1, 0.15) is 0 Å². The van der Waals surface area contributed by atoms with Crippen LogP contribution in [0.25, 0.3) is 10.2 Å². The van der Waals surface area contributed by atoms with Gasteiger partial charge in [0, 0.05) is 11.6 Å². The fraction of sp³-hybridized carbons (Fsp3) is 0.240. The number of fused-ring (bicyclic) bond motifs is 1. The van der Waals surface area contributed by atoms with Crippen LogP contribution in [0.3, 0.4) is 0 Å². The zero-order chi connectivity index (χ0) is 26.5. The van der Waals surface area contributed by atoms with Gasteiger partial charge in [-0.15, -0.1) is 16.8 Å². The Balaban J connectivity index is 1.48. The van der Waals surface area contributed by atoms with Gasteiger partial charge in [0.05, 0.1) is 32.6 Å². The summed E-state index contributed by atoms with van der Waals surface area (Å²) < 4.78 is 2.85. The molecule has 0 radical (unpaired) electrons. The van der Waals surface area contributed by atoms with E-state index in [9.17, 15) is 9.59 Å². The average Bonchev–Trinajstić information content (AvgIpc) is 3.44. The van der Waals surface area contributed by atoms with Gasteiger partial charge in [-0.1, -0.05) is 78.4 Å².